The van der Waals surface area contributed by atoms with Gasteiger partial charge in [-0.15, -0.1) is 0 Å². The molecule has 1 amide bonds. The van der Waals surface area contributed by atoms with E-state index in [0.29, 0.717) is 36.3 Å². The van der Waals surface area contributed by atoms with Crippen molar-refractivity contribution in [2.75, 3.05) is 18.8 Å². The molecule has 1 aliphatic carbocycles. The fraction of sp³-hybridized carbons (Fsp3) is 0.464. The summed E-state index contributed by atoms with van der Waals surface area (Å²) >= 11 is 3.62. The monoisotopic (exact) mass is 553 g/mol. The Hall–Kier alpha value is -2.87. The van der Waals surface area contributed by atoms with Crippen LogP contribution in [-0.4, -0.2) is 47.8 Å². The number of anilines is 1. The molecule has 3 aliphatic rings. The Morgan fingerprint density at radius 2 is 2.03 bits per heavy atom. The van der Waals surface area contributed by atoms with Gasteiger partial charge in [0.1, 0.15) is 11.4 Å². The normalized spacial score (nSPS) is 23.8. The molecule has 2 unspecified atom stereocenters. The Bertz CT molecular complexity index is 1220. The average molecular weight is 554 g/mol. The highest BCUT2D eigenvalue weighted by Gasteiger charge is 2.63. The second-order valence-corrected chi connectivity index (χ2v) is 11.6. The number of nitrogen functional groups attached to an aromatic ring is 1. The summed E-state index contributed by atoms with van der Waals surface area (Å²) in [5, 5.41) is 7.55. The molecule has 3 N–H and O–H groups in total. The number of nitrogens with zero attached hydrogens (tertiary/aromatic N) is 1. The van der Waals surface area contributed by atoms with Crippen molar-refractivity contribution in [3.8, 4) is 5.75 Å². The van der Waals surface area contributed by atoms with E-state index in [4.69, 9.17) is 20.6 Å². The van der Waals surface area contributed by atoms with Crippen LogP contribution in [0.3, 0.4) is 0 Å². The number of amides is 1. The van der Waals surface area contributed by atoms with Gasteiger partial charge in [0.2, 0.25) is 0 Å². The van der Waals surface area contributed by atoms with Gasteiger partial charge in [-0.25, -0.2) is 4.79 Å². The number of Topliss-reactive ketones (excluding diaryl/α,β-unsaturated/α-hetero) is 1. The zero-order valence-corrected chi connectivity index (χ0v) is 22.3. The summed E-state index contributed by atoms with van der Waals surface area (Å²) in [7, 11) is 0. The zero-order valence-electron chi connectivity index (χ0n) is 20.7. The van der Waals surface area contributed by atoms with Crippen LogP contribution in [0.15, 0.2) is 40.9 Å². The summed E-state index contributed by atoms with van der Waals surface area (Å²) in [6.07, 6.45) is 4.37. The number of piperidine rings is 1. The molecule has 2 spiro atoms. The summed E-state index contributed by atoms with van der Waals surface area (Å²) in [4.78, 5) is 27.5. The van der Waals surface area contributed by atoms with Crippen molar-refractivity contribution >= 4 is 39.7 Å². The summed E-state index contributed by atoms with van der Waals surface area (Å²) in [5.41, 5.74) is 8.28. The van der Waals surface area contributed by atoms with Gasteiger partial charge in [-0.1, -0.05) is 28.1 Å². The highest BCUT2D eigenvalue weighted by molar-refractivity contribution is 9.10. The Kier molecular flexibility index (Phi) is 6.35. The minimum Gasteiger partial charge on any atom is -0.487 e. The zero-order chi connectivity index (χ0) is 25.7. The maximum absolute atomic E-state index is 13.3. The molecule has 5 rings (SSSR count). The SMILES string of the molecule is CC(C)OC(=O)N1CCC2(CC1)CC1(CC1CC(=O)c1cccc(C=N)c1N)c1cc(Br)ccc1O2. The first-order chi connectivity index (χ1) is 17.2. The number of carbonyl (C=O) groups is 2. The molecule has 1 saturated carbocycles. The van der Waals surface area contributed by atoms with Crippen LogP contribution >= 0.6 is 15.9 Å². The van der Waals surface area contributed by atoms with Crippen LogP contribution in [0, 0.1) is 11.3 Å². The number of nitrogens with one attached hydrogen (secondary N) is 1. The van der Waals surface area contributed by atoms with E-state index in [1.807, 2.05) is 26.0 Å². The second kappa shape index (κ2) is 9.21. The second-order valence-electron chi connectivity index (χ2n) is 10.7. The van der Waals surface area contributed by atoms with E-state index in [0.717, 1.165) is 41.5 Å². The largest absolute Gasteiger partial charge is 0.487 e. The standard InChI is InChI=1S/C28H32BrN3O4/c1-17(2)35-26(34)32-10-8-27(9-11-32)16-28(22-13-20(29)6-7-24(22)36-27)14-19(28)12-23(33)21-5-3-4-18(15-30)25(21)31/h3-7,13,15,17,19,30H,8-12,14,16,31H2,1-2H3. The lowest BCUT2D eigenvalue weighted by Gasteiger charge is -2.47. The molecule has 1 saturated heterocycles. The summed E-state index contributed by atoms with van der Waals surface area (Å²) < 4.78 is 13.0. The third-order valence-corrected chi connectivity index (χ3v) is 8.46. The van der Waals surface area contributed by atoms with Crippen LogP contribution in [0.4, 0.5) is 10.5 Å². The smallest absolute Gasteiger partial charge is 0.410 e. The number of carbonyl (C=O) groups excluding carboxylic acids is 2. The van der Waals surface area contributed by atoms with Gasteiger partial charge >= 0.3 is 6.09 Å². The number of likely N-dealkylation sites (tertiary alicyclic amines) is 1. The molecule has 190 valence electrons. The molecular formula is C28H32BrN3O4. The Balaban J connectivity index is 1.38. The van der Waals surface area contributed by atoms with Gasteiger partial charge in [0.15, 0.2) is 5.78 Å². The van der Waals surface area contributed by atoms with Crippen molar-refractivity contribution in [2.45, 2.75) is 63.1 Å². The molecule has 7 nitrogen and oxygen atoms in total. The van der Waals surface area contributed by atoms with Crippen LogP contribution in [0.2, 0.25) is 0 Å². The van der Waals surface area contributed by atoms with E-state index in [1.54, 1.807) is 23.1 Å². The number of fused-ring (bicyclic) bond motifs is 2. The van der Waals surface area contributed by atoms with Crippen LogP contribution in [0.25, 0.3) is 0 Å². The number of ether oxygens (including phenoxy) is 2. The van der Waals surface area contributed by atoms with E-state index < -0.39 is 0 Å². The van der Waals surface area contributed by atoms with Crippen molar-refractivity contribution in [3.63, 3.8) is 0 Å². The predicted molar refractivity (Wildman–Crippen MR) is 142 cm³/mol. The molecule has 2 atom stereocenters. The molecule has 36 heavy (non-hydrogen) atoms. The number of halogens is 1. The fourth-order valence-electron chi connectivity index (χ4n) is 6.05. The lowest BCUT2D eigenvalue weighted by molar-refractivity contribution is -0.0286. The van der Waals surface area contributed by atoms with Crippen molar-refractivity contribution in [1.29, 1.82) is 5.41 Å². The van der Waals surface area contributed by atoms with Crippen LogP contribution < -0.4 is 10.5 Å². The molecule has 2 fully saturated rings. The Morgan fingerprint density at radius 1 is 1.28 bits per heavy atom. The fourth-order valence-corrected chi connectivity index (χ4v) is 6.41. The molecule has 0 radical (unpaired) electrons. The quantitative estimate of drug-likeness (QED) is 0.279. The highest BCUT2D eigenvalue weighted by atomic mass is 79.9. The Labute approximate surface area is 220 Å². The minimum atomic E-state index is -0.369. The van der Waals surface area contributed by atoms with E-state index in [9.17, 15) is 9.59 Å². The molecule has 0 aromatic heterocycles. The van der Waals surface area contributed by atoms with Gasteiger partial charge in [-0.3, -0.25) is 4.79 Å². The van der Waals surface area contributed by atoms with Crippen molar-refractivity contribution in [1.82, 2.24) is 4.90 Å². The minimum absolute atomic E-state index is 0.0152. The van der Waals surface area contributed by atoms with Crippen molar-refractivity contribution in [2.24, 2.45) is 5.92 Å². The number of benzene rings is 2. The third-order valence-electron chi connectivity index (χ3n) is 7.97. The van der Waals surface area contributed by atoms with E-state index in [2.05, 4.69) is 22.0 Å². The van der Waals surface area contributed by atoms with Crippen LogP contribution in [0.5, 0.6) is 5.75 Å². The topological polar surface area (TPSA) is 106 Å². The summed E-state index contributed by atoms with van der Waals surface area (Å²) in [6, 6.07) is 11.4. The summed E-state index contributed by atoms with van der Waals surface area (Å²) in [6.45, 7) is 4.89. The van der Waals surface area contributed by atoms with Gasteiger partial charge in [0.25, 0.3) is 0 Å². The molecule has 2 heterocycles. The van der Waals surface area contributed by atoms with E-state index >= 15 is 0 Å². The number of hydrogen-bond donors (Lipinski definition) is 2. The molecule has 2 aromatic rings. The molecule has 2 aliphatic heterocycles. The van der Waals surface area contributed by atoms with Crippen LogP contribution in [0.1, 0.15) is 67.4 Å². The first kappa shape index (κ1) is 24.8. The first-order valence-electron chi connectivity index (χ1n) is 12.5. The maximum Gasteiger partial charge on any atom is 0.410 e. The van der Waals surface area contributed by atoms with E-state index in [-0.39, 0.29) is 34.9 Å². The number of hydrogen-bond acceptors (Lipinski definition) is 6. The predicted octanol–water partition coefficient (Wildman–Crippen LogP) is 5.72. The van der Waals surface area contributed by atoms with Gasteiger partial charge in [0, 0.05) is 65.1 Å². The lowest BCUT2D eigenvalue weighted by atomic mass is 9.74. The third kappa shape index (κ3) is 4.40. The molecule has 2 aromatic carbocycles. The number of nitrogens with two attached hydrogens (primary N) is 1. The number of rotatable bonds is 5. The van der Waals surface area contributed by atoms with Gasteiger partial charge in [-0.05, 0) is 56.9 Å². The first-order valence-corrected chi connectivity index (χ1v) is 13.3. The Morgan fingerprint density at radius 3 is 2.72 bits per heavy atom. The number of para-hydroxylation sites is 1. The average Bonchev–Trinajstić information content (AvgIpc) is 3.51. The van der Waals surface area contributed by atoms with Crippen molar-refractivity contribution in [3.05, 3.63) is 57.6 Å². The lowest BCUT2D eigenvalue weighted by Crippen LogP contribution is -2.53. The molecule has 8 heteroatoms. The summed E-state index contributed by atoms with van der Waals surface area (Å²) in [5.74, 6) is 1.08. The van der Waals surface area contributed by atoms with Crippen molar-refractivity contribution < 1.29 is 19.1 Å². The van der Waals surface area contributed by atoms with Crippen LogP contribution in [-0.2, 0) is 10.2 Å². The van der Waals surface area contributed by atoms with Gasteiger partial charge in [0.05, 0.1) is 11.8 Å². The molecule has 0 bridgehead atoms. The number of ketones is 1. The maximum atomic E-state index is 13.3. The van der Waals surface area contributed by atoms with Gasteiger partial charge < -0.3 is 25.5 Å². The highest BCUT2D eigenvalue weighted by Crippen LogP contribution is 2.66. The molecular weight excluding hydrogens is 522 g/mol. The van der Waals surface area contributed by atoms with Gasteiger partial charge in [-0.2, -0.15) is 0 Å². The van der Waals surface area contributed by atoms with E-state index in [1.165, 1.54) is 6.21 Å².